The van der Waals surface area contributed by atoms with E-state index in [4.69, 9.17) is 5.84 Å². The maximum atomic E-state index is 11.0. The first-order chi connectivity index (χ1) is 10.2. The average molecular weight is 292 g/mol. The Kier molecular flexibility index (Phi) is 3.89. The van der Waals surface area contributed by atoms with Crippen LogP contribution in [-0.2, 0) is 0 Å². The third-order valence-corrected chi connectivity index (χ3v) is 4.30. The van der Waals surface area contributed by atoms with Crippen molar-refractivity contribution in [1.82, 2.24) is 9.88 Å². The number of anilines is 2. The molecule has 1 unspecified atom stereocenters. The van der Waals surface area contributed by atoms with Gasteiger partial charge in [0.05, 0.1) is 17.1 Å². The number of hydrogen-bond acceptors (Lipinski definition) is 7. The summed E-state index contributed by atoms with van der Waals surface area (Å²) in [6.07, 6.45) is 3.62. The molecule has 2 saturated heterocycles. The van der Waals surface area contributed by atoms with Crippen molar-refractivity contribution in [3.8, 4) is 0 Å². The van der Waals surface area contributed by atoms with Crippen LogP contribution in [0.15, 0.2) is 12.1 Å². The van der Waals surface area contributed by atoms with Crippen LogP contribution in [0.2, 0.25) is 0 Å². The highest BCUT2D eigenvalue weighted by Gasteiger charge is 2.30. The van der Waals surface area contributed by atoms with E-state index in [9.17, 15) is 10.1 Å². The van der Waals surface area contributed by atoms with Gasteiger partial charge < -0.3 is 10.3 Å². The topological polar surface area (TPSA) is 101 Å². The number of aromatic nitrogens is 1. The molecule has 114 valence electrons. The number of likely N-dealkylation sites (tertiary alicyclic amines) is 1. The van der Waals surface area contributed by atoms with Crippen molar-refractivity contribution in [2.24, 2.45) is 5.84 Å². The molecule has 3 heterocycles. The molecule has 0 bridgehead atoms. The Labute approximate surface area is 123 Å². The molecule has 2 aliphatic rings. The Bertz CT molecular complexity index is 531. The van der Waals surface area contributed by atoms with E-state index in [0.717, 1.165) is 32.6 Å². The van der Waals surface area contributed by atoms with Crippen LogP contribution in [0.5, 0.6) is 0 Å². The fraction of sp³-hybridized carbons (Fsp3) is 0.615. The maximum Gasteiger partial charge on any atom is 0.276 e. The van der Waals surface area contributed by atoms with Gasteiger partial charge in [-0.3, -0.25) is 15.0 Å². The second kappa shape index (κ2) is 5.82. The molecule has 2 aliphatic heterocycles. The van der Waals surface area contributed by atoms with Gasteiger partial charge in [0, 0.05) is 19.1 Å². The summed E-state index contributed by atoms with van der Waals surface area (Å²) in [4.78, 5) is 19.5. The summed E-state index contributed by atoms with van der Waals surface area (Å²) in [5.41, 5.74) is 2.41. The van der Waals surface area contributed by atoms with Crippen molar-refractivity contribution in [2.45, 2.75) is 25.3 Å². The molecule has 2 fully saturated rings. The fourth-order valence-corrected chi connectivity index (χ4v) is 3.20. The predicted octanol–water partition coefficient (Wildman–Crippen LogP) is 0.950. The summed E-state index contributed by atoms with van der Waals surface area (Å²) in [7, 11) is 0. The molecule has 0 radical (unpaired) electrons. The van der Waals surface area contributed by atoms with Crippen molar-refractivity contribution >= 4 is 17.3 Å². The standard InChI is InChI=1S/C13H20N6O2/c14-16-12-7-11(19(20)21)8-13(15-12)18-6-3-10(9-18)17-4-1-2-5-17/h7-8,10H,1-6,9,14H2,(H,15,16). The lowest BCUT2D eigenvalue weighted by Crippen LogP contribution is -2.35. The summed E-state index contributed by atoms with van der Waals surface area (Å²) >= 11 is 0. The minimum atomic E-state index is -0.417. The van der Waals surface area contributed by atoms with E-state index in [0.29, 0.717) is 17.7 Å². The van der Waals surface area contributed by atoms with Gasteiger partial charge in [-0.2, -0.15) is 0 Å². The highest BCUT2D eigenvalue weighted by molar-refractivity contribution is 5.56. The molecule has 8 heteroatoms. The van der Waals surface area contributed by atoms with E-state index in [1.165, 1.54) is 25.0 Å². The van der Waals surface area contributed by atoms with Gasteiger partial charge in [0.1, 0.15) is 11.6 Å². The lowest BCUT2D eigenvalue weighted by molar-refractivity contribution is -0.384. The number of nitrogen functional groups attached to an aromatic ring is 1. The largest absolute Gasteiger partial charge is 0.355 e. The zero-order valence-electron chi connectivity index (χ0n) is 11.9. The predicted molar refractivity (Wildman–Crippen MR) is 80.1 cm³/mol. The number of nitro groups is 1. The number of pyridine rings is 1. The number of nitrogens with zero attached hydrogens (tertiary/aromatic N) is 4. The van der Waals surface area contributed by atoms with Crippen LogP contribution in [0, 0.1) is 10.1 Å². The number of hydrazine groups is 1. The Balaban J connectivity index is 1.77. The van der Waals surface area contributed by atoms with Crippen molar-refractivity contribution in [3.63, 3.8) is 0 Å². The van der Waals surface area contributed by atoms with Crippen LogP contribution >= 0.6 is 0 Å². The van der Waals surface area contributed by atoms with Crippen molar-refractivity contribution in [2.75, 3.05) is 36.5 Å². The van der Waals surface area contributed by atoms with Gasteiger partial charge in [-0.25, -0.2) is 10.8 Å². The van der Waals surface area contributed by atoms with Gasteiger partial charge in [-0.1, -0.05) is 0 Å². The van der Waals surface area contributed by atoms with Crippen LogP contribution in [-0.4, -0.2) is 47.0 Å². The van der Waals surface area contributed by atoms with E-state index in [2.05, 4.69) is 20.2 Å². The normalized spacial score (nSPS) is 22.7. The van der Waals surface area contributed by atoms with Crippen molar-refractivity contribution in [1.29, 1.82) is 0 Å². The second-order valence-corrected chi connectivity index (χ2v) is 5.60. The van der Waals surface area contributed by atoms with E-state index >= 15 is 0 Å². The number of rotatable bonds is 4. The minimum Gasteiger partial charge on any atom is -0.355 e. The van der Waals surface area contributed by atoms with Crippen LogP contribution in [0.1, 0.15) is 19.3 Å². The van der Waals surface area contributed by atoms with Gasteiger partial charge in [0.15, 0.2) is 0 Å². The Hall–Kier alpha value is -1.93. The van der Waals surface area contributed by atoms with Gasteiger partial charge in [-0.05, 0) is 32.4 Å². The quantitative estimate of drug-likeness (QED) is 0.484. The highest BCUT2D eigenvalue weighted by atomic mass is 16.6. The zero-order chi connectivity index (χ0) is 14.8. The first-order valence-electron chi connectivity index (χ1n) is 7.29. The summed E-state index contributed by atoms with van der Waals surface area (Å²) in [6.45, 7) is 4.07. The van der Waals surface area contributed by atoms with Gasteiger partial charge >= 0.3 is 0 Å². The van der Waals surface area contributed by atoms with Gasteiger partial charge in [-0.15, -0.1) is 0 Å². The monoisotopic (exact) mass is 292 g/mol. The van der Waals surface area contributed by atoms with E-state index < -0.39 is 4.92 Å². The molecular formula is C13H20N6O2. The van der Waals surface area contributed by atoms with Crippen molar-refractivity contribution in [3.05, 3.63) is 22.2 Å². The molecule has 0 spiro atoms. The fourth-order valence-electron chi connectivity index (χ4n) is 3.20. The maximum absolute atomic E-state index is 11.0. The number of nitrogens with one attached hydrogen (secondary N) is 1. The number of nitrogens with two attached hydrogens (primary N) is 1. The molecule has 3 N–H and O–H groups in total. The lowest BCUT2D eigenvalue weighted by atomic mass is 10.2. The Morgan fingerprint density at radius 1 is 1.33 bits per heavy atom. The Morgan fingerprint density at radius 3 is 2.76 bits per heavy atom. The zero-order valence-corrected chi connectivity index (χ0v) is 11.9. The van der Waals surface area contributed by atoms with E-state index in [1.54, 1.807) is 0 Å². The average Bonchev–Trinajstić information content (AvgIpc) is 3.17. The molecule has 0 aromatic carbocycles. The van der Waals surface area contributed by atoms with E-state index in [-0.39, 0.29) is 5.69 Å². The summed E-state index contributed by atoms with van der Waals surface area (Å²) in [6, 6.07) is 3.40. The van der Waals surface area contributed by atoms with Crippen molar-refractivity contribution < 1.29 is 4.92 Å². The smallest absolute Gasteiger partial charge is 0.276 e. The van der Waals surface area contributed by atoms with Crippen LogP contribution in [0.4, 0.5) is 17.3 Å². The molecule has 1 atom stereocenters. The first kappa shape index (κ1) is 14.0. The van der Waals surface area contributed by atoms with Gasteiger partial charge in [0.2, 0.25) is 0 Å². The second-order valence-electron chi connectivity index (χ2n) is 5.60. The summed E-state index contributed by atoms with van der Waals surface area (Å²) < 4.78 is 0. The molecule has 0 aliphatic carbocycles. The molecule has 21 heavy (non-hydrogen) atoms. The summed E-state index contributed by atoms with van der Waals surface area (Å²) in [5.74, 6) is 6.30. The van der Waals surface area contributed by atoms with Crippen LogP contribution < -0.4 is 16.2 Å². The Morgan fingerprint density at radius 2 is 2.10 bits per heavy atom. The molecule has 1 aromatic heterocycles. The van der Waals surface area contributed by atoms with Crippen LogP contribution in [0.25, 0.3) is 0 Å². The third-order valence-electron chi connectivity index (χ3n) is 4.30. The van der Waals surface area contributed by atoms with Crippen LogP contribution in [0.3, 0.4) is 0 Å². The SMILES string of the molecule is NNc1cc([N+](=O)[O-])cc(N2CCC(N3CCCC3)C2)n1. The molecule has 1 aromatic rings. The minimum absolute atomic E-state index is 0.0116. The molecule has 3 rings (SSSR count). The molecule has 0 amide bonds. The van der Waals surface area contributed by atoms with E-state index in [1.807, 2.05) is 0 Å². The first-order valence-corrected chi connectivity index (χ1v) is 7.29. The third kappa shape index (κ3) is 2.91. The summed E-state index contributed by atoms with van der Waals surface area (Å²) in [5, 5.41) is 11.0. The molecule has 0 saturated carbocycles. The molecule has 8 nitrogen and oxygen atoms in total. The molecular weight excluding hydrogens is 272 g/mol. The lowest BCUT2D eigenvalue weighted by Gasteiger charge is -2.24. The number of hydrogen-bond donors (Lipinski definition) is 2. The highest BCUT2D eigenvalue weighted by Crippen LogP contribution is 2.28. The van der Waals surface area contributed by atoms with Gasteiger partial charge in [0.25, 0.3) is 5.69 Å².